The number of rotatable bonds is 1. The van der Waals surface area contributed by atoms with E-state index in [0.717, 1.165) is 11.8 Å². The third-order valence-electron chi connectivity index (χ3n) is 2.54. The molecule has 1 fully saturated rings. The van der Waals surface area contributed by atoms with E-state index in [-0.39, 0.29) is 65.4 Å². The van der Waals surface area contributed by atoms with E-state index < -0.39 is 0 Å². The minimum Gasteiger partial charge on any atom is -0.340 e. The van der Waals surface area contributed by atoms with Crippen LogP contribution >= 0.6 is 0 Å². The summed E-state index contributed by atoms with van der Waals surface area (Å²) >= 11 is 0. The van der Waals surface area contributed by atoms with Crippen LogP contribution in [0.5, 0.6) is 0 Å². The third-order valence-corrected chi connectivity index (χ3v) is 2.54. The molecule has 0 saturated heterocycles. The molecule has 1 rings (SSSR count). The molecule has 60 valence electrons. The zero-order valence-corrected chi connectivity index (χ0v) is 13.2. The van der Waals surface area contributed by atoms with Crippen LogP contribution in [-0.4, -0.2) is 0 Å². The Kier molecular flexibility index (Phi) is 12.5. The summed E-state index contributed by atoms with van der Waals surface area (Å²) in [5, 5.41) is 0. The van der Waals surface area contributed by atoms with Gasteiger partial charge in [0.2, 0.25) is 0 Å². The van der Waals surface area contributed by atoms with Crippen LogP contribution in [0, 0.1) is 18.8 Å². The van der Waals surface area contributed by atoms with Crippen molar-refractivity contribution in [2.75, 3.05) is 0 Å². The van der Waals surface area contributed by atoms with E-state index in [9.17, 15) is 0 Å². The van der Waals surface area contributed by atoms with Gasteiger partial charge in [0.1, 0.15) is 0 Å². The van der Waals surface area contributed by atoms with E-state index in [2.05, 4.69) is 13.8 Å². The maximum Gasteiger partial charge on any atom is 0 e. The first kappa shape index (κ1) is 15.7. The first-order valence-corrected chi connectivity index (χ1v) is 4.16. The molecule has 0 atom stereocenters. The van der Waals surface area contributed by atoms with Gasteiger partial charge in [-0.05, 0) is 5.92 Å². The van der Waals surface area contributed by atoms with Gasteiger partial charge in [0.25, 0.3) is 0 Å². The summed E-state index contributed by atoms with van der Waals surface area (Å²) in [4.78, 5) is 0. The van der Waals surface area contributed by atoms with Gasteiger partial charge in [-0.15, -0.1) is 0 Å². The molecule has 1 aliphatic rings. The molecule has 0 aromatic rings. The fourth-order valence-corrected chi connectivity index (χ4v) is 1.64. The van der Waals surface area contributed by atoms with Gasteiger partial charge < -0.3 is 6.92 Å². The van der Waals surface area contributed by atoms with Crippen LogP contribution in [0.3, 0.4) is 0 Å². The van der Waals surface area contributed by atoms with Crippen molar-refractivity contribution in [3.8, 4) is 0 Å². The summed E-state index contributed by atoms with van der Waals surface area (Å²) < 4.78 is 0. The SMILES string of the molecule is [CH2-]C1CCC(CC)CC1.[Y].[Y]. The average Bonchev–Trinajstić information content (AvgIpc) is 1.90. The van der Waals surface area contributed by atoms with Crippen LogP contribution in [0.1, 0.15) is 39.0 Å². The molecule has 0 bridgehead atoms. The van der Waals surface area contributed by atoms with Gasteiger partial charge in [0, 0.05) is 65.4 Å². The minimum absolute atomic E-state index is 0. The van der Waals surface area contributed by atoms with Gasteiger partial charge >= 0.3 is 0 Å². The Morgan fingerprint density at radius 1 is 1.09 bits per heavy atom. The van der Waals surface area contributed by atoms with E-state index in [1.165, 1.54) is 32.1 Å². The topological polar surface area (TPSA) is 0 Å². The second kappa shape index (κ2) is 8.79. The van der Waals surface area contributed by atoms with Crippen molar-refractivity contribution in [3.63, 3.8) is 0 Å². The van der Waals surface area contributed by atoms with Gasteiger partial charge in [-0.3, -0.25) is 0 Å². The summed E-state index contributed by atoms with van der Waals surface area (Å²) in [5.74, 6) is 1.80. The summed E-state index contributed by atoms with van der Waals surface area (Å²) in [6.07, 6.45) is 7.00. The smallest absolute Gasteiger partial charge is 0 e. The molecule has 1 saturated carbocycles. The van der Waals surface area contributed by atoms with Crippen molar-refractivity contribution in [1.82, 2.24) is 0 Å². The summed E-state index contributed by atoms with van der Waals surface area (Å²) in [5.41, 5.74) is 0. The predicted octanol–water partition coefficient (Wildman–Crippen LogP) is 3.03. The van der Waals surface area contributed by atoms with Crippen molar-refractivity contribution >= 4 is 0 Å². The van der Waals surface area contributed by atoms with Crippen LogP contribution in [0.4, 0.5) is 0 Å². The van der Waals surface area contributed by atoms with Gasteiger partial charge in [0.15, 0.2) is 0 Å². The van der Waals surface area contributed by atoms with E-state index in [0.29, 0.717) is 0 Å². The van der Waals surface area contributed by atoms with Gasteiger partial charge in [0.05, 0.1) is 0 Å². The standard InChI is InChI=1S/C9H17.2Y/c1-3-9-6-4-8(2)5-7-9;;/h8-9H,2-7H2,1H3;;/q-1;;. The Morgan fingerprint density at radius 3 is 1.91 bits per heavy atom. The van der Waals surface area contributed by atoms with Crippen LogP contribution < -0.4 is 0 Å². The monoisotopic (exact) mass is 303 g/mol. The second-order valence-electron chi connectivity index (χ2n) is 3.29. The fourth-order valence-electron chi connectivity index (χ4n) is 1.64. The molecular formula is C9H17Y2-. The van der Waals surface area contributed by atoms with E-state index >= 15 is 0 Å². The van der Waals surface area contributed by atoms with Gasteiger partial charge in [-0.25, -0.2) is 0 Å². The summed E-state index contributed by atoms with van der Waals surface area (Å²) in [7, 11) is 0. The van der Waals surface area contributed by atoms with Crippen molar-refractivity contribution in [2.45, 2.75) is 39.0 Å². The van der Waals surface area contributed by atoms with Gasteiger partial charge in [-0.2, -0.15) is 5.92 Å². The first-order valence-electron chi connectivity index (χ1n) is 4.16. The molecule has 0 aromatic carbocycles. The van der Waals surface area contributed by atoms with E-state index in [4.69, 9.17) is 0 Å². The van der Waals surface area contributed by atoms with Crippen LogP contribution in [-0.2, 0) is 65.4 Å². The van der Waals surface area contributed by atoms with Crippen molar-refractivity contribution < 1.29 is 65.4 Å². The van der Waals surface area contributed by atoms with Crippen molar-refractivity contribution in [3.05, 3.63) is 6.92 Å². The molecule has 0 amide bonds. The molecular weight excluding hydrogens is 286 g/mol. The van der Waals surface area contributed by atoms with E-state index in [1.807, 2.05) is 0 Å². The van der Waals surface area contributed by atoms with Crippen molar-refractivity contribution in [2.24, 2.45) is 11.8 Å². The molecule has 0 aromatic heterocycles. The largest absolute Gasteiger partial charge is 0.340 e. The fraction of sp³-hybridized carbons (Fsp3) is 0.889. The molecule has 2 heteroatoms. The minimum atomic E-state index is 0. The average molecular weight is 303 g/mol. The number of hydrogen-bond acceptors (Lipinski definition) is 0. The zero-order chi connectivity index (χ0) is 6.69. The quantitative estimate of drug-likeness (QED) is 0.653. The summed E-state index contributed by atoms with van der Waals surface area (Å²) in [6, 6.07) is 0. The maximum absolute atomic E-state index is 4.07. The zero-order valence-electron chi connectivity index (χ0n) is 7.55. The Morgan fingerprint density at radius 2 is 1.55 bits per heavy atom. The normalized spacial score (nSPS) is 30.0. The first-order chi connectivity index (χ1) is 4.33. The van der Waals surface area contributed by atoms with Crippen LogP contribution in [0.2, 0.25) is 0 Å². The Balaban J connectivity index is 0. The molecule has 11 heavy (non-hydrogen) atoms. The predicted molar refractivity (Wildman–Crippen MR) is 41.1 cm³/mol. The molecule has 0 spiro atoms. The molecule has 0 N–H and O–H groups in total. The third kappa shape index (κ3) is 6.30. The Bertz CT molecular complexity index is 75.6. The molecule has 0 aliphatic heterocycles. The van der Waals surface area contributed by atoms with E-state index in [1.54, 1.807) is 0 Å². The van der Waals surface area contributed by atoms with Crippen LogP contribution in [0.15, 0.2) is 0 Å². The van der Waals surface area contributed by atoms with Crippen molar-refractivity contribution in [1.29, 1.82) is 0 Å². The molecule has 0 heterocycles. The number of hydrogen-bond donors (Lipinski definition) is 0. The second-order valence-corrected chi connectivity index (χ2v) is 3.29. The van der Waals surface area contributed by atoms with Gasteiger partial charge in [-0.1, -0.05) is 39.0 Å². The van der Waals surface area contributed by atoms with Crippen LogP contribution in [0.25, 0.3) is 0 Å². The molecule has 1 aliphatic carbocycles. The molecule has 0 unspecified atom stereocenters. The summed E-state index contributed by atoms with van der Waals surface area (Å²) in [6.45, 7) is 6.37. The maximum atomic E-state index is 4.07. The molecule has 2 radical (unpaired) electrons. The Labute approximate surface area is 121 Å². The Hall–Kier alpha value is 2.21. The molecule has 0 nitrogen and oxygen atoms in total.